The van der Waals surface area contributed by atoms with Gasteiger partial charge in [0, 0.05) is 32.7 Å². The van der Waals surface area contributed by atoms with Crippen molar-refractivity contribution in [1.29, 1.82) is 0 Å². The SMILES string of the molecule is CCNC(=NCc1ccsc1)NCCN1CCc2ccccc2C1.I. The molecule has 25 heavy (non-hydrogen) atoms. The molecular weight excluding hydrogens is 443 g/mol. The predicted octanol–water partition coefficient (Wildman–Crippen LogP) is 3.48. The van der Waals surface area contributed by atoms with Crippen molar-refractivity contribution in [2.45, 2.75) is 26.4 Å². The second-order valence-electron chi connectivity index (χ2n) is 6.05. The second kappa shape index (κ2) is 10.8. The molecule has 4 nitrogen and oxygen atoms in total. The van der Waals surface area contributed by atoms with Crippen LogP contribution in [0.5, 0.6) is 0 Å². The monoisotopic (exact) mass is 470 g/mol. The summed E-state index contributed by atoms with van der Waals surface area (Å²) >= 11 is 1.72. The van der Waals surface area contributed by atoms with Crippen LogP contribution >= 0.6 is 35.3 Å². The number of nitrogens with one attached hydrogen (secondary N) is 2. The smallest absolute Gasteiger partial charge is 0.191 e. The van der Waals surface area contributed by atoms with Crippen LogP contribution in [0.4, 0.5) is 0 Å². The fraction of sp³-hybridized carbons (Fsp3) is 0.421. The number of hydrogen-bond acceptors (Lipinski definition) is 3. The van der Waals surface area contributed by atoms with E-state index in [1.54, 1.807) is 11.3 Å². The van der Waals surface area contributed by atoms with Crippen molar-refractivity contribution in [3.63, 3.8) is 0 Å². The number of thiophene rings is 1. The summed E-state index contributed by atoms with van der Waals surface area (Å²) in [4.78, 5) is 7.17. The number of fused-ring (bicyclic) bond motifs is 1. The molecular formula is C19H27IN4S. The van der Waals surface area contributed by atoms with Gasteiger partial charge >= 0.3 is 0 Å². The molecule has 0 amide bonds. The average Bonchev–Trinajstić information content (AvgIpc) is 3.13. The van der Waals surface area contributed by atoms with Gasteiger partial charge < -0.3 is 10.6 Å². The molecule has 0 aliphatic carbocycles. The normalized spacial score (nSPS) is 14.5. The van der Waals surface area contributed by atoms with Gasteiger partial charge in [-0.1, -0.05) is 24.3 Å². The Hall–Kier alpha value is -1.12. The molecule has 2 N–H and O–H groups in total. The Morgan fingerprint density at radius 3 is 2.80 bits per heavy atom. The van der Waals surface area contributed by atoms with Crippen molar-refractivity contribution < 1.29 is 0 Å². The molecule has 0 unspecified atom stereocenters. The van der Waals surface area contributed by atoms with E-state index in [2.05, 4.69) is 68.5 Å². The molecule has 1 aliphatic heterocycles. The maximum atomic E-state index is 4.66. The van der Waals surface area contributed by atoms with Crippen LogP contribution < -0.4 is 10.6 Å². The Kier molecular flexibility index (Phi) is 8.71. The van der Waals surface area contributed by atoms with Crippen LogP contribution in [0.15, 0.2) is 46.1 Å². The summed E-state index contributed by atoms with van der Waals surface area (Å²) in [5.41, 5.74) is 4.25. The first-order valence-electron chi connectivity index (χ1n) is 8.67. The van der Waals surface area contributed by atoms with Gasteiger partial charge in [0.25, 0.3) is 0 Å². The van der Waals surface area contributed by atoms with Crippen molar-refractivity contribution in [3.8, 4) is 0 Å². The summed E-state index contributed by atoms with van der Waals surface area (Å²) in [6.07, 6.45) is 1.16. The fourth-order valence-corrected chi connectivity index (χ4v) is 3.63. The molecule has 0 saturated heterocycles. The lowest BCUT2D eigenvalue weighted by Crippen LogP contribution is -2.42. The third-order valence-electron chi connectivity index (χ3n) is 4.27. The highest BCUT2D eigenvalue weighted by Crippen LogP contribution is 2.17. The van der Waals surface area contributed by atoms with Crippen molar-refractivity contribution in [1.82, 2.24) is 15.5 Å². The summed E-state index contributed by atoms with van der Waals surface area (Å²) < 4.78 is 0. The van der Waals surface area contributed by atoms with E-state index in [1.807, 2.05) is 0 Å². The number of nitrogens with zero attached hydrogens (tertiary/aromatic N) is 2. The van der Waals surface area contributed by atoms with Crippen LogP contribution in [-0.2, 0) is 19.5 Å². The predicted molar refractivity (Wildman–Crippen MR) is 118 cm³/mol. The molecule has 1 aromatic heterocycles. The van der Waals surface area contributed by atoms with Gasteiger partial charge in [-0.25, -0.2) is 4.99 Å². The first-order chi connectivity index (χ1) is 11.8. The highest BCUT2D eigenvalue weighted by atomic mass is 127. The van der Waals surface area contributed by atoms with Crippen LogP contribution in [-0.4, -0.2) is 37.0 Å². The van der Waals surface area contributed by atoms with Gasteiger partial charge in [-0.15, -0.1) is 24.0 Å². The lowest BCUT2D eigenvalue weighted by molar-refractivity contribution is 0.258. The minimum Gasteiger partial charge on any atom is -0.357 e. The van der Waals surface area contributed by atoms with E-state index in [0.29, 0.717) is 0 Å². The highest BCUT2D eigenvalue weighted by molar-refractivity contribution is 14.0. The van der Waals surface area contributed by atoms with Crippen LogP contribution in [0, 0.1) is 0 Å². The Labute approximate surface area is 171 Å². The number of hydrogen-bond donors (Lipinski definition) is 2. The quantitative estimate of drug-likeness (QED) is 0.386. The number of benzene rings is 1. The largest absolute Gasteiger partial charge is 0.357 e. The third-order valence-corrected chi connectivity index (χ3v) is 5.01. The van der Waals surface area contributed by atoms with Gasteiger partial charge in [-0.2, -0.15) is 11.3 Å². The lowest BCUT2D eigenvalue weighted by Gasteiger charge is -2.28. The molecule has 1 aliphatic rings. The van der Waals surface area contributed by atoms with Crippen molar-refractivity contribution in [3.05, 3.63) is 57.8 Å². The molecule has 0 saturated carbocycles. The van der Waals surface area contributed by atoms with E-state index in [4.69, 9.17) is 0 Å². The third kappa shape index (κ3) is 6.27. The van der Waals surface area contributed by atoms with E-state index in [1.165, 1.54) is 16.7 Å². The molecule has 0 radical (unpaired) electrons. The molecule has 0 atom stereocenters. The topological polar surface area (TPSA) is 39.7 Å². The summed E-state index contributed by atoms with van der Waals surface area (Å²) in [5.74, 6) is 0.904. The van der Waals surface area contributed by atoms with E-state index in [0.717, 1.165) is 51.6 Å². The molecule has 0 fully saturated rings. The van der Waals surface area contributed by atoms with Crippen LogP contribution in [0.1, 0.15) is 23.6 Å². The maximum Gasteiger partial charge on any atom is 0.191 e. The molecule has 2 aromatic rings. The molecule has 1 aromatic carbocycles. The Balaban J connectivity index is 0.00000225. The summed E-state index contributed by atoms with van der Waals surface area (Å²) in [7, 11) is 0. The van der Waals surface area contributed by atoms with Crippen LogP contribution in [0.25, 0.3) is 0 Å². The van der Waals surface area contributed by atoms with Gasteiger partial charge in [0.05, 0.1) is 6.54 Å². The molecule has 2 heterocycles. The fourth-order valence-electron chi connectivity index (χ4n) is 2.97. The zero-order valence-electron chi connectivity index (χ0n) is 14.7. The zero-order valence-corrected chi connectivity index (χ0v) is 17.8. The maximum absolute atomic E-state index is 4.66. The zero-order chi connectivity index (χ0) is 16.6. The Bertz CT molecular complexity index is 657. The molecule has 136 valence electrons. The van der Waals surface area contributed by atoms with Crippen LogP contribution in [0.3, 0.4) is 0 Å². The van der Waals surface area contributed by atoms with Gasteiger partial charge in [0.2, 0.25) is 0 Å². The van der Waals surface area contributed by atoms with Gasteiger partial charge in [-0.05, 0) is 46.9 Å². The molecule has 6 heteroatoms. The summed E-state index contributed by atoms with van der Waals surface area (Å²) in [6, 6.07) is 10.9. The van der Waals surface area contributed by atoms with Crippen molar-refractivity contribution >= 4 is 41.3 Å². The Morgan fingerprint density at radius 1 is 1.20 bits per heavy atom. The number of guanidine groups is 1. The summed E-state index contributed by atoms with van der Waals surface area (Å²) in [6.45, 7) is 7.86. The molecule has 3 rings (SSSR count). The van der Waals surface area contributed by atoms with Crippen molar-refractivity contribution in [2.75, 3.05) is 26.2 Å². The number of aliphatic imine (C=N–C) groups is 1. The first kappa shape index (κ1) is 20.2. The van der Waals surface area contributed by atoms with E-state index in [9.17, 15) is 0 Å². The standard InChI is InChI=1S/C19H26N4S.HI/c1-2-20-19(22-13-16-8-12-24-15-16)21-9-11-23-10-7-17-5-3-4-6-18(17)14-23;/h3-6,8,12,15H,2,7,9-11,13-14H2,1H3,(H2,20,21,22);1H. The van der Waals surface area contributed by atoms with E-state index < -0.39 is 0 Å². The lowest BCUT2D eigenvalue weighted by atomic mass is 10.00. The Morgan fingerprint density at radius 2 is 2.04 bits per heavy atom. The minimum absolute atomic E-state index is 0. The van der Waals surface area contributed by atoms with Crippen molar-refractivity contribution in [2.24, 2.45) is 4.99 Å². The van der Waals surface area contributed by atoms with Gasteiger partial charge in [-0.3, -0.25) is 4.90 Å². The number of rotatable bonds is 6. The van der Waals surface area contributed by atoms with Gasteiger partial charge in [0.1, 0.15) is 0 Å². The first-order valence-corrected chi connectivity index (χ1v) is 9.62. The second-order valence-corrected chi connectivity index (χ2v) is 6.83. The van der Waals surface area contributed by atoms with E-state index >= 15 is 0 Å². The molecule has 0 bridgehead atoms. The number of halogens is 1. The van der Waals surface area contributed by atoms with Gasteiger partial charge in [0.15, 0.2) is 5.96 Å². The minimum atomic E-state index is 0. The van der Waals surface area contributed by atoms with Crippen LogP contribution in [0.2, 0.25) is 0 Å². The van der Waals surface area contributed by atoms with E-state index in [-0.39, 0.29) is 24.0 Å². The molecule has 0 spiro atoms. The average molecular weight is 470 g/mol. The highest BCUT2D eigenvalue weighted by Gasteiger charge is 2.14. The summed E-state index contributed by atoms with van der Waals surface area (Å²) in [5, 5.41) is 11.0.